The monoisotopic (exact) mass is 346 g/mol. The molecular weight excluding hydrogens is 328 g/mol. The number of nitrogens with zero attached hydrogens (tertiary/aromatic N) is 2. The summed E-state index contributed by atoms with van der Waals surface area (Å²) in [5.74, 6) is 0.359. The van der Waals surface area contributed by atoms with Crippen molar-refractivity contribution in [2.75, 3.05) is 18.5 Å². The van der Waals surface area contributed by atoms with Gasteiger partial charge in [0.2, 0.25) is 10.0 Å². The van der Waals surface area contributed by atoms with Crippen LogP contribution in [0.2, 0.25) is 5.02 Å². The number of nitriles is 1. The van der Waals surface area contributed by atoms with Crippen molar-refractivity contribution in [2.24, 2.45) is 0 Å². The van der Waals surface area contributed by atoms with E-state index in [1.165, 1.54) is 12.3 Å². The van der Waals surface area contributed by atoms with Crippen molar-refractivity contribution in [2.45, 2.75) is 37.1 Å². The van der Waals surface area contributed by atoms with Crippen LogP contribution in [-0.2, 0) is 10.0 Å². The fourth-order valence-corrected chi connectivity index (χ4v) is 3.24. The third kappa shape index (κ3) is 5.42. The average molecular weight is 347 g/mol. The van der Waals surface area contributed by atoms with E-state index in [0.29, 0.717) is 25.2 Å². The van der Waals surface area contributed by atoms with Gasteiger partial charge >= 0.3 is 0 Å². The van der Waals surface area contributed by atoms with Crippen LogP contribution in [0.4, 0.5) is 5.82 Å². The van der Waals surface area contributed by atoms with Crippen LogP contribution in [-0.4, -0.2) is 37.7 Å². The molecule has 0 aliphatic carbocycles. The summed E-state index contributed by atoms with van der Waals surface area (Å²) in [6.45, 7) is 2.32. The van der Waals surface area contributed by atoms with E-state index in [2.05, 4.69) is 15.0 Å². The van der Waals surface area contributed by atoms with Crippen molar-refractivity contribution in [3.8, 4) is 6.07 Å². The van der Waals surface area contributed by atoms with Gasteiger partial charge in [-0.1, -0.05) is 18.5 Å². The van der Waals surface area contributed by atoms with E-state index < -0.39 is 16.1 Å². The molecule has 0 aliphatic rings. The summed E-state index contributed by atoms with van der Waals surface area (Å²) < 4.78 is 26.9. The number of halogens is 1. The normalized spacial score (nSPS) is 12.6. The maximum Gasteiger partial charge on any atom is 0.242 e. The van der Waals surface area contributed by atoms with Crippen molar-refractivity contribution >= 4 is 27.4 Å². The fourth-order valence-electron chi connectivity index (χ4n) is 1.65. The van der Waals surface area contributed by atoms with Gasteiger partial charge in [0.15, 0.2) is 0 Å². The van der Waals surface area contributed by atoms with Gasteiger partial charge in [-0.05, 0) is 18.9 Å². The van der Waals surface area contributed by atoms with Crippen LogP contribution in [0, 0.1) is 11.3 Å². The lowest BCUT2D eigenvalue weighted by Gasteiger charge is -2.14. The Morgan fingerprint density at radius 3 is 2.82 bits per heavy atom. The van der Waals surface area contributed by atoms with Crippen LogP contribution in [0.3, 0.4) is 0 Å². The van der Waals surface area contributed by atoms with E-state index in [-0.39, 0.29) is 22.9 Å². The zero-order valence-corrected chi connectivity index (χ0v) is 13.8. The number of pyridine rings is 1. The van der Waals surface area contributed by atoms with Gasteiger partial charge in [0, 0.05) is 25.4 Å². The lowest BCUT2D eigenvalue weighted by atomic mass is 10.2. The summed E-state index contributed by atoms with van der Waals surface area (Å²) in [5, 5.41) is 20.5. The molecule has 0 aromatic carbocycles. The molecule has 0 spiro atoms. The number of nitrogens with one attached hydrogen (secondary N) is 2. The van der Waals surface area contributed by atoms with Crippen LogP contribution in [0.25, 0.3) is 0 Å². The lowest BCUT2D eigenvalue weighted by Crippen LogP contribution is -2.34. The molecule has 1 atom stereocenters. The molecule has 9 heteroatoms. The molecule has 0 radical (unpaired) electrons. The second-order valence-corrected chi connectivity index (χ2v) is 6.72. The molecule has 122 valence electrons. The number of hydrogen-bond donors (Lipinski definition) is 3. The van der Waals surface area contributed by atoms with Gasteiger partial charge in [-0.15, -0.1) is 0 Å². The topological polar surface area (TPSA) is 115 Å². The fraction of sp³-hybridized carbons (Fsp3) is 0.538. The number of aliphatic hydroxyl groups excluding tert-OH is 1. The molecule has 0 fully saturated rings. The molecule has 1 heterocycles. The van der Waals surface area contributed by atoms with Gasteiger partial charge in [0.1, 0.15) is 10.7 Å². The van der Waals surface area contributed by atoms with Gasteiger partial charge in [-0.25, -0.2) is 18.1 Å². The first-order valence-electron chi connectivity index (χ1n) is 6.84. The first-order chi connectivity index (χ1) is 10.4. The Hall–Kier alpha value is -1.40. The van der Waals surface area contributed by atoms with Crippen LogP contribution in [0.5, 0.6) is 0 Å². The summed E-state index contributed by atoms with van der Waals surface area (Å²) in [6, 6.07) is 2.80. The Labute approximate surface area is 135 Å². The minimum atomic E-state index is -3.77. The maximum atomic E-state index is 12.2. The molecule has 0 aliphatic heterocycles. The predicted molar refractivity (Wildman–Crippen MR) is 84.1 cm³/mol. The Kier molecular flexibility index (Phi) is 7.55. The van der Waals surface area contributed by atoms with Crippen molar-refractivity contribution in [3.63, 3.8) is 0 Å². The molecular formula is C13H19ClN4O3S. The number of aromatic nitrogens is 1. The number of hydrogen-bond acceptors (Lipinski definition) is 6. The second kappa shape index (κ2) is 8.90. The summed E-state index contributed by atoms with van der Waals surface area (Å²) >= 11 is 6.01. The Morgan fingerprint density at radius 1 is 1.55 bits per heavy atom. The number of sulfonamides is 1. The smallest absolute Gasteiger partial charge is 0.242 e. The van der Waals surface area contributed by atoms with E-state index in [9.17, 15) is 8.42 Å². The van der Waals surface area contributed by atoms with E-state index in [4.69, 9.17) is 22.0 Å². The highest BCUT2D eigenvalue weighted by molar-refractivity contribution is 7.89. The predicted octanol–water partition coefficient (Wildman–Crippen LogP) is 1.50. The number of aliphatic hydroxyl groups is 1. The SMILES string of the molecule is CCC(CC#N)NS(=O)(=O)c1cnc(NCCCO)c(Cl)c1. The standard InChI is InChI=1S/C13H19ClN4O3S/c1-2-10(4-5-15)18-22(20,21)11-8-12(14)13(17-9-11)16-6-3-7-19/h8-10,18-19H,2-4,6-7H2,1H3,(H,16,17). The van der Waals surface area contributed by atoms with Crippen LogP contribution < -0.4 is 10.0 Å². The maximum absolute atomic E-state index is 12.2. The molecule has 0 saturated carbocycles. The van der Waals surface area contributed by atoms with Crippen LogP contribution in [0.15, 0.2) is 17.2 Å². The van der Waals surface area contributed by atoms with E-state index >= 15 is 0 Å². The minimum absolute atomic E-state index is 0.0400. The molecule has 0 bridgehead atoms. The largest absolute Gasteiger partial charge is 0.396 e. The van der Waals surface area contributed by atoms with Gasteiger partial charge in [0.25, 0.3) is 0 Å². The highest BCUT2D eigenvalue weighted by atomic mass is 35.5. The third-order valence-corrected chi connectivity index (χ3v) is 4.68. The average Bonchev–Trinajstić information content (AvgIpc) is 2.48. The van der Waals surface area contributed by atoms with E-state index in [1.54, 1.807) is 6.92 Å². The Bertz CT molecular complexity index is 631. The van der Waals surface area contributed by atoms with Gasteiger partial charge < -0.3 is 10.4 Å². The molecule has 0 amide bonds. The quantitative estimate of drug-likeness (QED) is 0.584. The number of anilines is 1. The molecule has 1 aromatic heterocycles. The van der Waals surface area contributed by atoms with Gasteiger partial charge in [-0.3, -0.25) is 0 Å². The van der Waals surface area contributed by atoms with Crippen LogP contribution in [0.1, 0.15) is 26.2 Å². The summed E-state index contributed by atoms with van der Waals surface area (Å²) in [6.07, 6.45) is 2.34. The van der Waals surface area contributed by atoms with Crippen molar-refractivity contribution in [3.05, 3.63) is 17.3 Å². The molecule has 3 N–H and O–H groups in total. The minimum Gasteiger partial charge on any atom is -0.396 e. The zero-order valence-electron chi connectivity index (χ0n) is 12.2. The van der Waals surface area contributed by atoms with E-state index in [1.807, 2.05) is 6.07 Å². The summed E-state index contributed by atoms with van der Waals surface area (Å²) in [7, 11) is -3.77. The third-order valence-electron chi connectivity index (χ3n) is 2.91. The van der Waals surface area contributed by atoms with Crippen LogP contribution >= 0.6 is 11.6 Å². The lowest BCUT2D eigenvalue weighted by molar-refractivity contribution is 0.292. The second-order valence-electron chi connectivity index (χ2n) is 4.59. The zero-order chi connectivity index (χ0) is 16.6. The Morgan fingerprint density at radius 2 is 2.27 bits per heavy atom. The first-order valence-corrected chi connectivity index (χ1v) is 8.70. The molecule has 1 unspecified atom stereocenters. The highest BCUT2D eigenvalue weighted by Gasteiger charge is 2.20. The first kappa shape index (κ1) is 18.6. The van der Waals surface area contributed by atoms with E-state index in [0.717, 1.165) is 0 Å². The summed E-state index contributed by atoms with van der Waals surface area (Å²) in [4.78, 5) is 3.93. The molecule has 0 saturated heterocycles. The van der Waals surface area contributed by atoms with Crippen molar-refractivity contribution in [1.29, 1.82) is 5.26 Å². The molecule has 1 aromatic rings. The number of rotatable bonds is 9. The molecule has 7 nitrogen and oxygen atoms in total. The molecule has 1 rings (SSSR count). The van der Waals surface area contributed by atoms with Gasteiger partial charge in [-0.2, -0.15) is 5.26 Å². The summed E-state index contributed by atoms with van der Waals surface area (Å²) in [5.41, 5.74) is 0. The Balaban J connectivity index is 2.87. The van der Waals surface area contributed by atoms with Crippen molar-refractivity contribution < 1.29 is 13.5 Å². The molecule has 22 heavy (non-hydrogen) atoms. The highest BCUT2D eigenvalue weighted by Crippen LogP contribution is 2.22. The van der Waals surface area contributed by atoms with Gasteiger partial charge in [0.05, 0.1) is 17.5 Å². The van der Waals surface area contributed by atoms with Crippen molar-refractivity contribution in [1.82, 2.24) is 9.71 Å².